The van der Waals surface area contributed by atoms with Crippen molar-refractivity contribution < 1.29 is 0 Å². The van der Waals surface area contributed by atoms with E-state index in [0.717, 1.165) is 12.5 Å². The zero-order valence-corrected chi connectivity index (χ0v) is 8.09. The van der Waals surface area contributed by atoms with Crippen LogP contribution in [-0.2, 0) is 0 Å². The first kappa shape index (κ1) is 9.01. The lowest BCUT2D eigenvalue weighted by Gasteiger charge is -2.30. The first-order chi connectivity index (χ1) is 5.13. The standard InChI is InChI=1S/C9H20N2/c1-7(2)9-10-5-6-11(9)8(3)4/h7-10H,5-6H2,1-4H3. The van der Waals surface area contributed by atoms with Crippen molar-refractivity contribution in [2.45, 2.75) is 39.9 Å². The van der Waals surface area contributed by atoms with Gasteiger partial charge in [-0.3, -0.25) is 4.90 Å². The largest absolute Gasteiger partial charge is 0.300 e. The van der Waals surface area contributed by atoms with Crippen molar-refractivity contribution in [1.29, 1.82) is 0 Å². The van der Waals surface area contributed by atoms with E-state index >= 15 is 0 Å². The van der Waals surface area contributed by atoms with Crippen LogP contribution >= 0.6 is 0 Å². The van der Waals surface area contributed by atoms with E-state index in [1.54, 1.807) is 0 Å². The first-order valence-corrected chi connectivity index (χ1v) is 4.62. The molecule has 0 aliphatic carbocycles. The van der Waals surface area contributed by atoms with Crippen LogP contribution in [-0.4, -0.2) is 30.2 Å². The van der Waals surface area contributed by atoms with Gasteiger partial charge in [-0.25, -0.2) is 0 Å². The fourth-order valence-corrected chi connectivity index (χ4v) is 1.80. The molecule has 0 amide bonds. The van der Waals surface area contributed by atoms with Crippen LogP contribution < -0.4 is 5.32 Å². The molecule has 1 unspecified atom stereocenters. The highest BCUT2D eigenvalue weighted by Crippen LogP contribution is 2.14. The van der Waals surface area contributed by atoms with Crippen LogP contribution in [0.5, 0.6) is 0 Å². The molecule has 0 spiro atoms. The monoisotopic (exact) mass is 156 g/mol. The van der Waals surface area contributed by atoms with Gasteiger partial charge in [0.1, 0.15) is 0 Å². The van der Waals surface area contributed by atoms with Crippen LogP contribution in [0, 0.1) is 5.92 Å². The maximum absolute atomic E-state index is 3.51. The number of nitrogens with one attached hydrogen (secondary N) is 1. The molecule has 2 heteroatoms. The van der Waals surface area contributed by atoms with Gasteiger partial charge in [-0.1, -0.05) is 13.8 Å². The lowest BCUT2D eigenvalue weighted by Crippen LogP contribution is -2.43. The van der Waals surface area contributed by atoms with Gasteiger partial charge in [0.2, 0.25) is 0 Å². The Hall–Kier alpha value is -0.0800. The minimum Gasteiger partial charge on any atom is -0.300 e. The summed E-state index contributed by atoms with van der Waals surface area (Å²) in [5.74, 6) is 0.722. The zero-order chi connectivity index (χ0) is 8.43. The number of hydrogen-bond acceptors (Lipinski definition) is 2. The van der Waals surface area contributed by atoms with Gasteiger partial charge in [0.15, 0.2) is 0 Å². The fraction of sp³-hybridized carbons (Fsp3) is 1.00. The molecule has 66 valence electrons. The Balaban J connectivity index is 2.51. The third-order valence-corrected chi connectivity index (χ3v) is 2.38. The molecule has 1 fully saturated rings. The molecule has 1 saturated heterocycles. The van der Waals surface area contributed by atoms with E-state index in [-0.39, 0.29) is 0 Å². The van der Waals surface area contributed by atoms with Crippen molar-refractivity contribution >= 4 is 0 Å². The van der Waals surface area contributed by atoms with E-state index in [4.69, 9.17) is 0 Å². The second-order valence-electron chi connectivity index (χ2n) is 3.97. The molecular weight excluding hydrogens is 136 g/mol. The van der Waals surface area contributed by atoms with E-state index in [9.17, 15) is 0 Å². The Morgan fingerprint density at radius 3 is 2.27 bits per heavy atom. The van der Waals surface area contributed by atoms with Crippen molar-refractivity contribution in [1.82, 2.24) is 10.2 Å². The second kappa shape index (κ2) is 3.55. The smallest absolute Gasteiger partial charge is 0.0623 e. The molecule has 1 aliphatic heterocycles. The number of hydrogen-bond donors (Lipinski definition) is 1. The highest BCUT2D eigenvalue weighted by Gasteiger charge is 2.27. The highest BCUT2D eigenvalue weighted by molar-refractivity contribution is 4.81. The average molecular weight is 156 g/mol. The summed E-state index contributed by atoms with van der Waals surface area (Å²) >= 11 is 0. The van der Waals surface area contributed by atoms with Gasteiger partial charge < -0.3 is 5.32 Å². The van der Waals surface area contributed by atoms with E-state index in [2.05, 4.69) is 37.9 Å². The summed E-state index contributed by atoms with van der Waals surface area (Å²) in [5, 5.41) is 3.51. The Bertz CT molecular complexity index is 107. The SMILES string of the molecule is CC(C)C1NCCN1C(C)C. The number of rotatable bonds is 2. The molecular formula is C9H20N2. The summed E-state index contributed by atoms with van der Waals surface area (Å²) < 4.78 is 0. The molecule has 0 aromatic rings. The predicted octanol–water partition coefficient (Wildman–Crippen LogP) is 1.28. The second-order valence-corrected chi connectivity index (χ2v) is 3.97. The van der Waals surface area contributed by atoms with Crippen LogP contribution in [0.25, 0.3) is 0 Å². The predicted molar refractivity (Wildman–Crippen MR) is 48.5 cm³/mol. The van der Waals surface area contributed by atoms with Gasteiger partial charge in [-0.05, 0) is 19.8 Å². The van der Waals surface area contributed by atoms with E-state index in [1.807, 2.05) is 0 Å². The van der Waals surface area contributed by atoms with E-state index < -0.39 is 0 Å². The maximum atomic E-state index is 3.51. The minimum atomic E-state index is 0.606. The number of nitrogens with zero attached hydrogens (tertiary/aromatic N) is 1. The topological polar surface area (TPSA) is 15.3 Å². The Kier molecular flexibility index (Phi) is 2.90. The summed E-state index contributed by atoms with van der Waals surface area (Å²) in [6.07, 6.45) is 0.606. The average Bonchev–Trinajstić information content (AvgIpc) is 2.32. The quantitative estimate of drug-likeness (QED) is 0.648. The molecule has 2 nitrogen and oxygen atoms in total. The van der Waals surface area contributed by atoms with Crippen molar-refractivity contribution in [2.24, 2.45) is 5.92 Å². The van der Waals surface area contributed by atoms with Crippen molar-refractivity contribution in [3.05, 3.63) is 0 Å². The third kappa shape index (κ3) is 1.94. The molecule has 1 rings (SSSR count). The molecule has 11 heavy (non-hydrogen) atoms. The summed E-state index contributed by atoms with van der Waals surface area (Å²) in [5.41, 5.74) is 0. The molecule has 0 saturated carbocycles. The summed E-state index contributed by atoms with van der Waals surface area (Å²) in [6, 6.07) is 0.678. The molecule has 0 aromatic carbocycles. The van der Waals surface area contributed by atoms with Gasteiger partial charge in [-0.2, -0.15) is 0 Å². The molecule has 1 heterocycles. The summed E-state index contributed by atoms with van der Waals surface area (Å²) in [6.45, 7) is 11.4. The third-order valence-electron chi connectivity index (χ3n) is 2.38. The van der Waals surface area contributed by atoms with Crippen LogP contribution in [0.3, 0.4) is 0 Å². The maximum Gasteiger partial charge on any atom is 0.0623 e. The van der Waals surface area contributed by atoms with Crippen LogP contribution in [0.15, 0.2) is 0 Å². The highest BCUT2D eigenvalue weighted by atomic mass is 15.3. The molecule has 0 aromatic heterocycles. The lowest BCUT2D eigenvalue weighted by atomic mass is 10.1. The van der Waals surface area contributed by atoms with Gasteiger partial charge in [0, 0.05) is 19.1 Å². The molecule has 1 aliphatic rings. The normalized spacial score (nSPS) is 27.3. The zero-order valence-electron chi connectivity index (χ0n) is 8.09. The van der Waals surface area contributed by atoms with Crippen LogP contribution in [0.2, 0.25) is 0 Å². The molecule has 1 atom stereocenters. The van der Waals surface area contributed by atoms with Gasteiger partial charge in [-0.15, -0.1) is 0 Å². The fourth-order valence-electron chi connectivity index (χ4n) is 1.80. The Labute approximate surface area is 70.0 Å². The van der Waals surface area contributed by atoms with Crippen molar-refractivity contribution in [2.75, 3.05) is 13.1 Å². The van der Waals surface area contributed by atoms with Gasteiger partial charge >= 0.3 is 0 Å². The molecule has 1 N–H and O–H groups in total. The minimum absolute atomic E-state index is 0.606. The van der Waals surface area contributed by atoms with Crippen LogP contribution in [0.1, 0.15) is 27.7 Å². The summed E-state index contributed by atoms with van der Waals surface area (Å²) in [4.78, 5) is 2.53. The van der Waals surface area contributed by atoms with Crippen molar-refractivity contribution in [3.8, 4) is 0 Å². The Morgan fingerprint density at radius 1 is 1.27 bits per heavy atom. The first-order valence-electron chi connectivity index (χ1n) is 4.62. The molecule has 0 bridgehead atoms. The van der Waals surface area contributed by atoms with Gasteiger partial charge in [0.25, 0.3) is 0 Å². The molecule has 0 radical (unpaired) electrons. The Morgan fingerprint density at radius 2 is 1.91 bits per heavy atom. The lowest BCUT2D eigenvalue weighted by molar-refractivity contribution is 0.154. The van der Waals surface area contributed by atoms with Crippen molar-refractivity contribution in [3.63, 3.8) is 0 Å². The van der Waals surface area contributed by atoms with E-state index in [0.29, 0.717) is 12.2 Å². The summed E-state index contributed by atoms with van der Waals surface area (Å²) in [7, 11) is 0. The van der Waals surface area contributed by atoms with Gasteiger partial charge in [0.05, 0.1) is 6.17 Å². The van der Waals surface area contributed by atoms with E-state index in [1.165, 1.54) is 6.54 Å². The van der Waals surface area contributed by atoms with Crippen LogP contribution in [0.4, 0.5) is 0 Å².